The third-order valence-corrected chi connectivity index (χ3v) is 3.44. The SMILES string of the molecule is CC(C)CCN(c1ccc(CO)cc1F)C1CC1. The predicted octanol–water partition coefficient (Wildman–Crippen LogP) is 3.33. The lowest BCUT2D eigenvalue weighted by atomic mass is 10.1. The summed E-state index contributed by atoms with van der Waals surface area (Å²) in [7, 11) is 0. The highest BCUT2D eigenvalue weighted by atomic mass is 19.1. The van der Waals surface area contributed by atoms with E-state index in [0.29, 0.717) is 23.2 Å². The van der Waals surface area contributed by atoms with Gasteiger partial charge in [0.1, 0.15) is 5.82 Å². The molecule has 2 rings (SSSR count). The van der Waals surface area contributed by atoms with Crippen molar-refractivity contribution in [1.82, 2.24) is 0 Å². The van der Waals surface area contributed by atoms with Gasteiger partial charge in [-0.2, -0.15) is 0 Å². The van der Waals surface area contributed by atoms with Crippen molar-refractivity contribution in [2.24, 2.45) is 5.92 Å². The van der Waals surface area contributed by atoms with Crippen LogP contribution in [0.1, 0.15) is 38.7 Å². The number of benzene rings is 1. The predicted molar refractivity (Wildman–Crippen MR) is 72.1 cm³/mol. The Bertz CT molecular complexity index is 401. The fourth-order valence-corrected chi connectivity index (χ4v) is 2.16. The van der Waals surface area contributed by atoms with Crippen molar-refractivity contribution in [3.8, 4) is 0 Å². The lowest BCUT2D eigenvalue weighted by molar-refractivity contribution is 0.281. The molecule has 1 aliphatic rings. The molecule has 1 aliphatic carbocycles. The molecule has 0 saturated heterocycles. The molecule has 1 aromatic carbocycles. The van der Waals surface area contributed by atoms with Gasteiger partial charge in [-0.25, -0.2) is 4.39 Å². The summed E-state index contributed by atoms with van der Waals surface area (Å²) in [6, 6.07) is 5.57. The maximum absolute atomic E-state index is 14.0. The Kier molecular flexibility index (Phi) is 4.23. The van der Waals surface area contributed by atoms with E-state index >= 15 is 0 Å². The molecule has 0 aliphatic heterocycles. The third kappa shape index (κ3) is 3.22. The Morgan fingerprint density at radius 2 is 2.11 bits per heavy atom. The minimum Gasteiger partial charge on any atom is -0.392 e. The minimum absolute atomic E-state index is 0.105. The number of aliphatic hydroxyl groups excluding tert-OH is 1. The van der Waals surface area contributed by atoms with E-state index in [1.807, 2.05) is 6.07 Å². The van der Waals surface area contributed by atoms with E-state index in [0.717, 1.165) is 13.0 Å². The summed E-state index contributed by atoms with van der Waals surface area (Å²) in [6.07, 6.45) is 3.41. The van der Waals surface area contributed by atoms with Gasteiger partial charge in [-0.1, -0.05) is 19.9 Å². The van der Waals surface area contributed by atoms with Gasteiger partial charge < -0.3 is 10.0 Å². The molecule has 0 radical (unpaired) electrons. The highest BCUT2D eigenvalue weighted by Crippen LogP contribution is 2.33. The normalized spacial score (nSPS) is 15.2. The van der Waals surface area contributed by atoms with Crippen molar-refractivity contribution < 1.29 is 9.50 Å². The van der Waals surface area contributed by atoms with Gasteiger partial charge in [0.05, 0.1) is 12.3 Å². The van der Waals surface area contributed by atoms with Crippen molar-refractivity contribution in [3.63, 3.8) is 0 Å². The van der Waals surface area contributed by atoms with Gasteiger partial charge in [0.15, 0.2) is 0 Å². The Morgan fingerprint density at radius 1 is 1.39 bits per heavy atom. The summed E-state index contributed by atoms with van der Waals surface area (Å²) < 4.78 is 14.0. The number of anilines is 1. The van der Waals surface area contributed by atoms with Crippen LogP contribution in [-0.4, -0.2) is 17.7 Å². The van der Waals surface area contributed by atoms with Crippen LogP contribution in [0.5, 0.6) is 0 Å². The van der Waals surface area contributed by atoms with E-state index in [9.17, 15) is 4.39 Å². The largest absolute Gasteiger partial charge is 0.392 e. The molecule has 1 fully saturated rings. The molecule has 0 amide bonds. The average Bonchev–Trinajstić information content (AvgIpc) is 3.15. The molecule has 0 unspecified atom stereocenters. The molecule has 3 heteroatoms. The molecule has 100 valence electrons. The molecule has 1 aromatic rings. The fourth-order valence-electron chi connectivity index (χ4n) is 2.16. The number of hydrogen-bond acceptors (Lipinski definition) is 2. The fraction of sp³-hybridized carbons (Fsp3) is 0.600. The first kappa shape index (κ1) is 13.3. The molecular weight excluding hydrogens is 229 g/mol. The standard InChI is InChI=1S/C15H22FNO/c1-11(2)7-8-17(13-4-5-13)15-6-3-12(10-18)9-14(15)16/h3,6,9,11,13,18H,4-5,7-8,10H2,1-2H3. The maximum Gasteiger partial charge on any atom is 0.146 e. The van der Waals surface area contributed by atoms with Crippen molar-refractivity contribution >= 4 is 5.69 Å². The zero-order valence-corrected chi connectivity index (χ0v) is 11.2. The molecule has 0 atom stereocenters. The molecule has 0 aromatic heterocycles. The summed E-state index contributed by atoms with van der Waals surface area (Å²) in [4.78, 5) is 2.19. The molecular formula is C15H22FNO. The van der Waals surface area contributed by atoms with Crippen LogP contribution < -0.4 is 4.90 Å². The van der Waals surface area contributed by atoms with Crippen LogP contribution in [0, 0.1) is 11.7 Å². The van der Waals surface area contributed by atoms with Crippen LogP contribution in [0.25, 0.3) is 0 Å². The Morgan fingerprint density at radius 3 is 2.61 bits per heavy atom. The van der Waals surface area contributed by atoms with Crippen molar-refractivity contribution in [1.29, 1.82) is 0 Å². The number of halogens is 1. The van der Waals surface area contributed by atoms with Gasteiger partial charge in [-0.15, -0.1) is 0 Å². The second-order valence-corrected chi connectivity index (χ2v) is 5.55. The van der Waals surface area contributed by atoms with Crippen molar-refractivity contribution in [2.75, 3.05) is 11.4 Å². The van der Waals surface area contributed by atoms with Gasteiger partial charge in [0, 0.05) is 12.6 Å². The Balaban J connectivity index is 2.14. The summed E-state index contributed by atoms with van der Waals surface area (Å²) in [5, 5.41) is 9.01. The smallest absolute Gasteiger partial charge is 0.146 e. The van der Waals surface area contributed by atoms with Crippen molar-refractivity contribution in [3.05, 3.63) is 29.6 Å². The molecule has 1 saturated carbocycles. The third-order valence-electron chi connectivity index (χ3n) is 3.44. The monoisotopic (exact) mass is 251 g/mol. The van der Waals surface area contributed by atoms with E-state index in [4.69, 9.17) is 5.11 Å². The number of nitrogens with zero attached hydrogens (tertiary/aromatic N) is 1. The number of hydrogen-bond donors (Lipinski definition) is 1. The molecule has 0 spiro atoms. The van der Waals surface area contributed by atoms with E-state index in [2.05, 4.69) is 18.7 Å². The topological polar surface area (TPSA) is 23.5 Å². The quantitative estimate of drug-likeness (QED) is 0.838. The first-order valence-electron chi connectivity index (χ1n) is 6.77. The van der Waals surface area contributed by atoms with Crippen LogP contribution in [0.2, 0.25) is 0 Å². The number of aliphatic hydroxyl groups is 1. The van der Waals surface area contributed by atoms with Gasteiger partial charge in [-0.05, 0) is 42.9 Å². The Hall–Kier alpha value is -1.09. The summed E-state index contributed by atoms with van der Waals surface area (Å²) in [6.45, 7) is 5.19. The highest BCUT2D eigenvalue weighted by Gasteiger charge is 2.30. The van der Waals surface area contributed by atoms with Crippen LogP contribution in [0.3, 0.4) is 0 Å². The molecule has 0 bridgehead atoms. The van der Waals surface area contributed by atoms with Crippen LogP contribution >= 0.6 is 0 Å². The second-order valence-electron chi connectivity index (χ2n) is 5.55. The lowest BCUT2D eigenvalue weighted by Crippen LogP contribution is -2.28. The second kappa shape index (κ2) is 5.70. The number of rotatable bonds is 6. The first-order chi connectivity index (χ1) is 8.61. The Labute approximate surface area is 108 Å². The molecule has 2 nitrogen and oxygen atoms in total. The first-order valence-corrected chi connectivity index (χ1v) is 6.77. The zero-order chi connectivity index (χ0) is 13.1. The van der Waals surface area contributed by atoms with E-state index in [1.54, 1.807) is 6.07 Å². The minimum atomic E-state index is -0.211. The lowest BCUT2D eigenvalue weighted by Gasteiger charge is -2.26. The average molecular weight is 251 g/mol. The van der Waals surface area contributed by atoms with Gasteiger partial charge in [0.2, 0.25) is 0 Å². The van der Waals surface area contributed by atoms with Gasteiger partial charge in [-0.3, -0.25) is 0 Å². The molecule has 0 heterocycles. The summed E-state index contributed by atoms with van der Waals surface area (Å²) in [5.74, 6) is 0.420. The van der Waals surface area contributed by atoms with E-state index < -0.39 is 0 Å². The van der Waals surface area contributed by atoms with Gasteiger partial charge >= 0.3 is 0 Å². The molecule has 18 heavy (non-hydrogen) atoms. The van der Waals surface area contributed by atoms with Crippen LogP contribution in [0.15, 0.2) is 18.2 Å². The summed E-state index contributed by atoms with van der Waals surface area (Å²) in [5.41, 5.74) is 1.33. The maximum atomic E-state index is 14.0. The summed E-state index contributed by atoms with van der Waals surface area (Å²) >= 11 is 0. The molecule has 1 N–H and O–H groups in total. The van der Waals surface area contributed by atoms with E-state index in [-0.39, 0.29) is 12.4 Å². The van der Waals surface area contributed by atoms with Crippen LogP contribution in [0.4, 0.5) is 10.1 Å². The van der Waals surface area contributed by atoms with Crippen LogP contribution in [-0.2, 0) is 6.61 Å². The van der Waals surface area contributed by atoms with E-state index in [1.165, 1.54) is 18.9 Å². The van der Waals surface area contributed by atoms with Crippen molar-refractivity contribution in [2.45, 2.75) is 45.8 Å². The highest BCUT2D eigenvalue weighted by molar-refractivity contribution is 5.51. The van der Waals surface area contributed by atoms with Gasteiger partial charge in [0.25, 0.3) is 0 Å². The zero-order valence-electron chi connectivity index (χ0n) is 11.2.